The molecule has 0 radical (unpaired) electrons. The van der Waals surface area contributed by atoms with Crippen LogP contribution in [-0.4, -0.2) is 34.2 Å². The fourth-order valence-electron chi connectivity index (χ4n) is 2.51. The van der Waals surface area contributed by atoms with Gasteiger partial charge in [-0.25, -0.2) is 0 Å². The number of hydrogen-bond donors (Lipinski definition) is 1. The lowest BCUT2D eigenvalue weighted by Crippen LogP contribution is -2.45. The molecule has 0 fully saturated rings. The maximum atomic E-state index is 12.3. The first-order valence-corrected chi connectivity index (χ1v) is 7.40. The molecule has 7 nitrogen and oxygen atoms in total. The van der Waals surface area contributed by atoms with Crippen LogP contribution >= 0.6 is 0 Å². The van der Waals surface area contributed by atoms with Crippen LogP contribution in [0.15, 0.2) is 36.7 Å². The van der Waals surface area contributed by atoms with E-state index in [0.29, 0.717) is 23.7 Å². The molecule has 1 aliphatic heterocycles. The Kier molecular flexibility index (Phi) is 4.01. The number of benzene rings is 1. The highest BCUT2D eigenvalue weighted by Gasteiger charge is 2.31. The van der Waals surface area contributed by atoms with Crippen molar-refractivity contribution in [1.82, 2.24) is 9.78 Å². The third kappa shape index (κ3) is 3.18. The van der Waals surface area contributed by atoms with E-state index in [1.165, 1.54) is 0 Å². The van der Waals surface area contributed by atoms with Crippen LogP contribution in [0.25, 0.3) is 0 Å². The van der Waals surface area contributed by atoms with Crippen LogP contribution in [0.1, 0.15) is 13.3 Å². The van der Waals surface area contributed by atoms with Gasteiger partial charge in [-0.05, 0) is 19.1 Å². The molecular formula is C16H18N4O3. The van der Waals surface area contributed by atoms with Gasteiger partial charge in [-0.1, -0.05) is 12.1 Å². The van der Waals surface area contributed by atoms with Gasteiger partial charge in [-0.3, -0.25) is 14.3 Å². The first-order chi connectivity index (χ1) is 11.0. The molecule has 2 amide bonds. The van der Waals surface area contributed by atoms with Crippen molar-refractivity contribution in [3.8, 4) is 5.75 Å². The first-order valence-electron chi connectivity index (χ1n) is 7.40. The number of hydrogen-bond acceptors (Lipinski definition) is 4. The summed E-state index contributed by atoms with van der Waals surface area (Å²) in [6, 6.07) is 7.34. The summed E-state index contributed by atoms with van der Waals surface area (Å²) < 4.78 is 7.19. The van der Waals surface area contributed by atoms with Gasteiger partial charge in [0.05, 0.1) is 17.6 Å². The van der Waals surface area contributed by atoms with E-state index in [-0.39, 0.29) is 18.2 Å². The molecular weight excluding hydrogens is 296 g/mol. The topological polar surface area (TPSA) is 76.5 Å². The lowest BCUT2D eigenvalue weighted by Gasteiger charge is -2.32. The van der Waals surface area contributed by atoms with Crippen LogP contribution in [-0.2, 0) is 16.6 Å². The Morgan fingerprint density at radius 3 is 2.91 bits per heavy atom. The number of para-hydroxylation sites is 2. The number of aryl methyl sites for hydroxylation is 1. The van der Waals surface area contributed by atoms with Crippen LogP contribution in [0.3, 0.4) is 0 Å². The van der Waals surface area contributed by atoms with E-state index in [2.05, 4.69) is 10.4 Å². The average Bonchev–Trinajstić information content (AvgIpc) is 2.93. The molecule has 0 spiro atoms. The summed E-state index contributed by atoms with van der Waals surface area (Å²) >= 11 is 0. The van der Waals surface area contributed by atoms with Gasteiger partial charge in [-0.15, -0.1) is 0 Å². The molecule has 23 heavy (non-hydrogen) atoms. The Bertz CT molecular complexity index is 740. The van der Waals surface area contributed by atoms with Crippen molar-refractivity contribution in [2.75, 3.05) is 16.8 Å². The highest BCUT2D eigenvalue weighted by atomic mass is 16.5. The van der Waals surface area contributed by atoms with Gasteiger partial charge in [0.1, 0.15) is 5.75 Å². The molecule has 2 aromatic rings. The second-order valence-electron chi connectivity index (χ2n) is 5.42. The SMILES string of the molecule is C[C@H]1Oc2ccccc2N(CCC(=O)Nc2cnn(C)c2)C1=O. The quantitative estimate of drug-likeness (QED) is 0.929. The second kappa shape index (κ2) is 6.12. The molecule has 120 valence electrons. The number of nitrogens with one attached hydrogen (secondary N) is 1. The van der Waals surface area contributed by atoms with Gasteiger partial charge < -0.3 is 15.0 Å². The van der Waals surface area contributed by atoms with E-state index in [1.807, 2.05) is 24.3 Å². The summed E-state index contributed by atoms with van der Waals surface area (Å²) in [4.78, 5) is 26.0. The largest absolute Gasteiger partial charge is 0.479 e. The number of carbonyl (C=O) groups excluding carboxylic acids is 2. The number of carbonyl (C=O) groups is 2. The molecule has 0 aliphatic carbocycles. The van der Waals surface area contributed by atoms with Crippen LogP contribution in [0.5, 0.6) is 5.75 Å². The lowest BCUT2D eigenvalue weighted by molar-refractivity contribution is -0.125. The number of rotatable bonds is 4. The van der Waals surface area contributed by atoms with Crippen molar-refractivity contribution in [2.24, 2.45) is 7.05 Å². The molecule has 1 aromatic carbocycles. The van der Waals surface area contributed by atoms with E-state index < -0.39 is 6.10 Å². The third-order valence-corrected chi connectivity index (χ3v) is 3.62. The predicted molar refractivity (Wildman–Crippen MR) is 85.3 cm³/mol. The Morgan fingerprint density at radius 1 is 1.39 bits per heavy atom. The molecule has 0 saturated heterocycles. The number of aromatic nitrogens is 2. The number of amides is 2. The Balaban J connectivity index is 1.67. The van der Waals surface area contributed by atoms with Crippen molar-refractivity contribution in [1.29, 1.82) is 0 Å². The maximum Gasteiger partial charge on any atom is 0.267 e. The molecule has 0 unspecified atom stereocenters. The summed E-state index contributed by atoms with van der Waals surface area (Å²) in [5.74, 6) is 0.354. The average molecular weight is 314 g/mol. The summed E-state index contributed by atoms with van der Waals surface area (Å²) in [5.41, 5.74) is 1.34. The van der Waals surface area contributed by atoms with Crippen LogP contribution < -0.4 is 15.0 Å². The van der Waals surface area contributed by atoms with Gasteiger partial charge >= 0.3 is 0 Å². The third-order valence-electron chi connectivity index (χ3n) is 3.62. The van der Waals surface area contributed by atoms with Gasteiger partial charge in [0.15, 0.2) is 6.10 Å². The number of nitrogens with zero attached hydrogens (tertiary/aromatic N) is 3. The molecule has 0 bridgehead atoms. The van der Waals surface area contributed by atoms with Crippen LogP contribution in [0.2, 0.25) is 0 Å². The zero-order chi connectivity index (χ0) is 16.4. The molecule has 1 aliphatic rings. The van der Waals surface area contributed by atoms with Gasteiger partial charge in [0.25, 0.3) is 5.91 Å². The molecule has 7 heteroatoms. The Labute approximate surface area is 133 Å². The predicted octanol–water partition coefficient (Wildman–Crippen LogP) is 1.56. The lowest BCUT2D eigenvalue weighted by atomic mass is 10.1. The minimum Gasteiger partial charge on any atom is -0.479 e. The van der Waals surface area contributed by atoms with Crippen molar-refractivity contribution in [3.63, 3.8) is 0 Å². The highest BCUT2D eigenvalue weighted by Crippen LogP contribution is 2.33. The van der Waals surface area contributed by atoms with Crippen LogP contribution in [0, 0.1) is 0 Å². The van der Waals surface area contributed by atoms with Crippen molar-refractivity contribution in [2.45, 2.75) is 19.4 Å². The van der Waals surface area contributed by atoms with Gasteiger partial charge in [0.2, 0.25) is 5.91 Å². The fourth-order valence-corrected chi connectivity index (χ4v) is 2.51. The van der Waals surface area contributed by atoms with Crippen molar-refractivity contribution in [3.05, 3.63) is 36.7 Å². The fraction of sp³-hybridized carbons (Fsp3) is 0.312. The molecule has 1 atom stereocenters. The highest BCUT2D eigenvalue weighted by molar-refractivity contribution is 6.00. The smallest absolute Gasteiger partial charge is 0.267 e. The monoisotopic (exact) mass is 314 g/mol. The summed E-state index contributed by atoms with van der Waals surface area (Å²) in [6.45, 7) is 2.01. The maximum absolute atomic E-state index is 12.3. The van der Waals surface area contributed by atoms with E-state index in [9.17, 15) is 9.59 Å². The van der Waals surface area contributed by atoms with Crippen molar-refractivity contribution >= 4 is 23.2 Å². The van der Waals surface area contributed by atoms with E-state index in [4.69, 9.17) is 4.74 Å². The standard InChI is InChI=1S/C16H18N4O3/c1-11-16(22)20(13-5-3-4-6-14(13)23-11)8-7-15(21)18-12-9-17-19(2)10-12/h3-6,9-11H,7-8H2,1-2H3,(H,18,21)/t11-/m1/s1. The number of ether oxygens (including phenoxy) is 1. The molecule has 1 N–H and O–H groups in total. The van der Waals surface area contributed by atoms with E-state index >= 15 is 0 Å². The molecule has 1 aromatic heterocycles. The van der Waals surface area contributed by atoms with Crippen LogP contribution in [0.4, 0.5) is 11.4 Å². The van der Waals surface area contributed by atoms with Gasteiger partial charge in [-0.2, -0.15) is 5.10 Å². The van der Waals surface area contributed by atoms with Crippen molar-refractivity contribution < 1.29 is 14.3 Å². The summed E-state index contributed by atoms with van der Waals surface area (Å²) in [5, 5.41) is 6.75. The Hall–Kier alpha value is -2.83. The zero-order valence-corrected chi connectivity index (χ0v) is 13.0. The minimum atomic E-state index is -0.550. The van der Waals surface area contributed by atoms with E-state index in [1.54, 1.807) is 35.9 Å². The zero-order valence-electron chi connectivity index (χ0n) is 13.0. The second-order valence-corrected chi connectivity index (χ2v) is 5.42. The minimum absolute atomic E-state index is 0.141. The molecule has 3 rings (SSSR count). The summed E-state index contributed by atoms with van der Waals surface area (Å²) in [7, 11) is 1.78. The Morgan fingerprint density at radius 2 is 2.17 bits per heavy atom. The molecule has 2 heterocycles. The van der Waals surface area contributed by atoms with Gasteiger partial charge in [0, 0.05) is 26.2 Å². The summed E-state index contributed by atoms with van der Waals surface area (Å²) in [6.07, 6.45) is 2.94. The number of anilines is 2. The number of fused-ring (bicyclic) bond motifs is 1. The molecule has 0 saturated carbocycles. The first kappa shape index (κ1) is 15.1. The van der Waals surface area contributed by atoms with E-state index in [0.717, 1.165) is 0 Å². The normalized spacial score (nSPS) is 16.7.